The van der Waals surface area contributed by atoms with Gasteiger partial charge < -0.3 is 4.98 Å². The van der Waals surface area contributed by atoms with Crippen molar-refractivity contribution >= 4 is 23.4 Å². The monoisotopic (exact) mass is 235 g/mol. The van der Waals surface area contributed by atoms with E-state index in [4.69, 9.17) is 12.2 Å². The van der Waals surface area contributed by atoms with Crippen LogP contribution in [0.1, 0.15) is 32.8 Å². The van der Waals surface area contributed by atoms with E-state index in [2.05, 4.69) is 42.2 Å². The third kappa shape index (κ3) is 1.57. The van der Waals surface area contributed by atoms with Crippen LogP contribution < -0.4 is 0 Å². The number of pyridine rings is 1. The Morgan fingerprint density at radius 1 is 1.50 bits per heavy atom. The van der Waals surface area contributed by atoms with Crippen molar-refractivity contribution < 1.29 is 0 Å². The van der Waals surface area contributed by atoms with Gasteiger partial charge in [0, 0.05) is 11.7 Å². The quantitative estimate of drug-likeness (QED) is 0.808. The predicted octanol–water partition coefficient (Wildman–Crippen LogP) is 3.55. The van der Waals surface area contributed by atoms with Gasteiger partial charge in [-0.15, -0.1) is 0 Å². The van der Waals surface area contributed by atoms with Crippen molar-refractivity contribution in [1.29, 1.82) is 0 Å². The minimum atomic E-state index is -0.00384. The highest BCUT2D eigenvalue weighted by Gasteiger charge is 2.22. The molecule has 0 aliphatic heterocycles. The van der Waals surface area contributed by atoms with E-state index < -0.39 is 0 Å². The summed E-state index contributed by atoms with van der Waals surface area (Å²) in [6, 6.07) is 2.00. The van der Waals surface area contributed by atoms with Crippen molar-refractivity contribution in [3.63, 3.8) is 0 Å². The van der Waals surface area contributed by atoms with Crippen LogP contribution in [0.25, 0.3) is 11.2 Å². The van der Waals surface area contributed by atoms with E-state index >= 15 is 0 Å². The zero-order chi connectivity index (χ0) is 11.9. The molecule has 0 atom stereocenters. The van der Waals surface area contributed by atoms with Crippen LogP contribution >= 0.6 is 12.2 Å². The fourth-order valence-electron chi connectivity index (χ4n) is 1.85. The molecule has 1 N–H and O–H groups in total. The van der Waals surface area contributed by atoms with Gasteiger partial charge in [0.25, 0.3) is 0 Å². The van der Waals surface area contributed by atoms with Gasteiger partial charge in [0.2, 0.25) is 0 Å². The lowest BCUT2D eigenvalue weighted by atomic mass is 10.0. The molecule has 0 radical (unpaired) electrons. The summed E-state index contributed by atoms with van der Waals surface area (Å²) in [4.78, 5) is 7.69. The molecule has 0 aliphatic rings. The number of aromatic nitrogens is 3. The summed E-state index contributed by atoms with van der Waals surface area (Å²) in [7, 11) is 0. The summed E-state index contributed by atoms with van der Waals surface area (Å²) in [5.41, 5.74) is 3.18. The maximum Gasteiger partial charge on any atom is 0.179 e. The molecule has 2 rings (SSSR count). The van der Waals surface area contributed by atoms with Crippen LogP contribution in [0.4, 0.5) is 0 Å². The van der Waals surface area contributed by atoms with Gasteiger partial charge in [-0.05, 0) is 51.0 Å². The predicted molar refractivity (Wildman–Crippen MR) is 69.3 cm³/mol. The van der Waals surface area contributed by atoms with Crippen LogP contribution in [0, 0.1) is 11.7 Å². The molecule has 0 amide bonds. The van der Waals surface area contributed by atoms with Crippen molar-refractivity contribution in [2.75, 3.05) is 0 Å². The molecule has 0 aromatic carbocycles. The Kier molecular flexibility index (Phi) is 2.62. The number of aryl methyl sites for hydroxylation is 1. The second-order valence-electron chi connectivity index (χ2n) is 4.76. The molecule has 0 bridgehead atoms. The van der Waals surface area contributed by atoms with Crippen LogP contribution in [-0.4, -0.2) is 14.5 Å². The van der Waals surface area contributed by atoms with Crippen LogP contribution in [0.2, 0.25) is 0 Å². The average Bonchev–Trinajstić information content (AvgIpc) is 2.57. The molecule has 16 heavy (non-hydrogen) atoms. The fourth-order valence-corrected chi connectivity index (χ4v) is 2.28. The Morgan fingerprint density at radius 2 is 2.19 bits per heavy atom. The Morgan fingerprint density at radius 3 is 2.81 bits per heavy atom. The summed E-state index contributed by atoms with van der Waals surface area (Å²) in [6.45, 7) is 8.59. The molecule has 2 aromatic heterocycles. The van der Waals surface area contributed by atoms with Crippen molar-refractivity contribution in [2.24, 2.45) is 0 Å². The Labute approximate surface area is 101 Å². The van der Waals surface area contributed by atoms with Crippen molar-refractivity contribution in [3.05, 3.63) is 22.6 Å². The van der Waals surface area contributed by atoms with Gasteiger partial charge in [0.15, 0.2) is 10.4 Å². The summed E-state index contributed by atoms with van der Waals surface area (Å²) in [5, 5.41) is 0. The van der Waals surface area contributed by atoms with Crippen LogP contribution in [-0.2, 0) is 5.54 Å². The minimum absolute atomic E-state index is 0.00384. The number of H-pyrrole nitrogens is 1. The molecule has 0 fully saturated rings. The lowest BCUT2D eigenvalue weighted by molar-refractivity contribution is 0.346. The number of hydrogen-bond acceptors (Lipinski definition) is 2. The van der Waals surface area contributed by atoms with E-state index in [9.17, 15) is 0 Å². The van der Waals surface area contributed by atoms with Gasteiger partial charge in [-0.3, -0.25) is 4.57 Å². The molecule has 0 spiro atoms. The average molecular weight is 235 g/mol. The van der Waals surface area contributed by atoms with Crippen molar-refractivity contribution in [2.45, 2.75) is 39.7 Å². The van der Waals surface area contributed by atoms with E-state index in [1.165, 1.54) is 5.56 Å². The largest absolute Gasteiger partial charge is 0.329 e. The van der Waals surface area contributed by atoms with Gasteiger partial charge in [0.1, 0.15) is 0 Å². The highest BCUT2D eigenvalue weighted by molar-refractivity contribution is 7.71. The maximum atomic E-state index is 5.39. The van der Waals surface area contributed by atoms with E-state index in [1.54, 1.807) is 0 Å². The molecule has 2 heterocycles. The first-order valence-electron chi connectivity index (χ1n) is 5.54. The third-order valence-corrected chi connectivity index (χ3v) is 3.54. The lowest BCUT2D eigenvalue weighted by Gasteiger charge is -2.25. The van der Waals surface area contributed by atoms with Crippen molar-refractivity contribution in [1.82, 2.24) is 14.5 Å². The van der Waals surface area contributed by atoms with Gasteiger partial charge >= 0.3 is 0 Å². The second-order valence-corrected chi connectivity index (χ2v) is 5.14. The third-order valence-electron chi connectivity index (χ3n) is 3.26. The minimum Gasteiger partial charge on any atom is -0.329 e. The summed E-state index contributed by atoms with van der Waals surface area (Å²) >= 11 is 5.39. The number of fused-ring (bicyclic) bond motifs is 1. The smallest absolute Gasteiger partial charge is 0.179 e. The zero-order valence-corrected chi connectivity index (χ0v) is 11.0. The van der Waals surface area contributed by atoms with E-state index in [1.807, 2.05) is 12.3 Å². The first-order valence-corrected chi connectivity index (χ1v) is 5.95. The normalized spacial score (nSPS) is 12.2. The first kappa shape index (κ1) is 11.3. The van der Waals surface area contributed by atoms with Gasteiger partial charge in [-0.1, -0.05) is 6.92 Å². The number of nitrogens with zero attached hydrogens (tertiary/aromatic N) is 2. The summed E-state index contributed by atoms with van der Waals surface area (Å²) in [6.07, 6.45) is 2.85. The number of rotatable bonds is 2. The van der Waals surface area contributed by atoms with Crippen molar-refractivity contribution in [3.8, 4) is 0 Å². The Balaban J connectivity index is 2.85. The second kappa shape index (κ2) is 3.70. The standard InChI is InChI=1S/C12H17N3S/c1-5-12(3,4)15-10-9(14-11(15)16)8(2)6-7-13-10/h6-7H,5H2,1-4H3,(H,14,16). The fraction of sp³-hybridized carbons (Fsp3) is 0.500. The number of imidazole rings is 1. The van der Waals surface area contributed by atoms with Gasteiger partial charge in [-0.2, -0.15) is 0 Å². The molecule has 0 aliphatic carbocycles. The molecular formula is C12H17N3S. The van der Waals surface area contributed by atoms with E-state index in [0.29, 0.717) is 0 Å². The maximum absolute atomic E-state index is 5.39. The Hall–Kier alpha value is -1.16. The highest BCUT2D eigenvalue weighted by atomic mass is 32.1. The van der Waals surface area contributed by atoms with E-state index in [0.717, 1.165) is 22.4 Å². The lowest BCUT2D eigenvalue weighted by Crippen LogP contribution is -2.25. The molecule has 86 valence electrons. The molecule has 0 saturated carbocycles. The molecule has 3 nitrogen and oxygen atoms in total. The first-order chi connectivity index (χ1) is 7.47. The van der Waals surface area contributed by atoms with Gasteiger partial charge in [-0.25, -0.2) is 4.98 Å². The number of nitrogens with one attached hydrogen (secondary N) is 1. The highest BCUT2D eigenvalue weighted by Crippen LogP contribution is 2.26. The summed E-state index contributed by atoms with van der Waals surface area (Å²) in [5.74, 6) is 0. The van der Waals surface area contributed by atoms with Crippen LogP contribution in [0.15, 0.2) is 12.3 Å². The number of hydrogen-bond donors (Lipinski definition) is 1. The van der Waals surface area contributed by atoms with E-state index in [-0.39, 0.29) is 5.54 Å². The summed E-state index contributed by atoms with van der Waals surface area (Å²) < 4.78 is 2.87. The zero-order valence-electron chi connectivity index (χ0n) is 10.2. The SMILES string of the molecule is CCC(C)(C)n1c(=S)[nH]c2c(C)ccnc21. The molecule has 4 heteroatoms. The Bertz CT molecular complexity index is 577. The molecule has 0 saturated heterocycles. The molecule has 0 unspecified atom stereocenters. The van der Waals surface area contributed by atoms with Gasteiger partial charge in [0.05, 0.1) is 5.52 Å². The molecular weight excluding hydrogens is 218 g/mol. The molecule has 2 aromatic rings. The van der Waals surface area contributed by atoms with Crippen LogP contribution in [0.5, 0.6) is 0 Å². The topological polar surface area (TPSA) is 33.6 Å². The van der Waals surface area contributed by atoms with Crippen LogP contribution in [0.3, 0.4) is 0 Å². The number of aromatic amines is 1.